The van der Waals surface area contributed by atoms with Crippen LogP contribution in [-0.4, -0.2) is 53.7 Å². The van der Waals surface area contributed by atoms with Gasteiger partial charge in [-0.1, -0.05) is 29.8 Å². The minimum Gasteiger partial charge on any atom is -0.388 e. The van der Waals surface area contributed by atoms with Crippen LogP contribution in [-0.2, 0) is 0 Å². The van der Waals surface area contributed by atoms with Crippen LogP contribution in [0.5, 0.6) is 0 Å². The van der Waals surface area contributed by atoms with Gasteiger partial charge in [0, 0.05) is 37.2 Å². The van der Waals surface area contributed by atoms with E-state index in [4.69, 9.17) is 11.6 Å². The largest absolute Gasteiger partial charge is 0.388 e. The van der Waals surface area contributed by atoms with E-state index in [2.05, 4.69) is 9.80 Å². The molecule has 2 unspecified atom stereocenters. The van der Waals surface area contributed by atoms with E-state index in [0.717, 1.165) is 37.7 Å². The number of hydrogen-bond donors (Lipinski definition) is 1. The van der Waals surface area contributed by atoms with Crippen LogP contribution in [0.4, 0.5) is 0 Å². The lowest BCUT2D eigenvalue weighted by Gasteiger charge is -2.37. The summed E-state index contributed by atoms with van der Waals surface area (Å²) in [5.41, 5.74) is 0.855. The Labute approximate surface area is 126 Å². The number of piperazine rings is 1. The first-order valence-electron chi connectivity index (χ1n) is 7.63. The molecule has 1 aromatic carbocycles. The number of aliphatic hydroxyl groups excluding tert-OH is 1. The summed E-state index contributed by atoms with van der Waals surface area (Å²) >= 11 is 6.13. The number of aliphatic hydroxyl groups is 1. The molecular weight excluding hydrogens is 272 g/mol. The van der Waals surface area contributed by atoms with E-state index < -0.39 is 6.10 Å². The highest BCUT2D eigenvalue weighted by Crippen LogP contribution is 2.26. The van der Waals surface area contributed by atoms with Crippen LogP contribution in [0.2, 0.25) is 5.02 Å². The fraction of sp³-hybridized carbons (Fsp3) is 0.625. The highest BCUT2D eigenvalue weighted by molar-refractivity contribution is 6.31. The van der Waals surface area contributed by atoms with Crippen LogP contribution in [0.25, 0.3) is 0 Å². The molecule has 1 aromatic rings. The Balaban J connectivity index is 1.51. The first-order valence-corrected chi connectivity index (χ1v) is 8.01. The maximum atomic E-state index is 10.3. The van der Waals surface area contributed by atoms with Crippen LogP contribution in [0.1, 0.15) is 30.9 Å². The van der Waals surface area contributed by atoms with Crippen molar-refractivity contribution < 1.29 is 5.11 Å². The topological polar surface area (TPSA) is 26.7 Å². The van der Waals surface area contributed by atoms with Gasteiger partial charge in [0.05, 0.1) is 6.10 Å². The smallest absolute Gasteiger partial charge is 0.0816 e. The number of halogens is 1. The zero-order valence-corrected chi connectivity index (χ0v) is 12.6. The van der Waals surface area contributed by atoms with Gasteiger partial charge in [-0.25, -0.2) is 0 Å². The normalized spacial score (nSPS) is 25.6. The lowest BCUT2D eigenvalue weighted by molar-refractivity contribution is 0.0835. The molecule has 0 aromatic heterocycles. The van der Waals surface area contributed by atoms with E-state index >= 15 is 0 Å². The minimum absolute atomic E-state index is 0.453. The van der Waals surface area contributed by atoms with Gasteiger partial charge in [-0.05, 0) is 37.4 Å². The predicted octanol–water partition coefficient (Wildman–Crippen LogP) is 2.54. The van der Waals surface area contributed by atoms with Crippen molar-refractivity contribution in [1.29, 1.82) is 0 Å². The van der Waals surface area contributed by atoms with Gasteiger partial charge in [-0.15, -0.1) is 0 Å². The standard InChI is InChI=1S/C16H23ClN2O/c17-15-6-2-1-5-14(15)16(20)7-9-18-10-11-19-8-3-4-13(19)12-18/h1-2,5-6,13,16,20H,3-4,7-12H2. The first-order chi connectivity index (χ1) is 9.74. The summed E-state index contributed by atoms with van der Waals surface area (Å²) in [5, 5.41) is 11.0. The fourth-order valence-corrected chi connectivity index (χ4v) is 3.73. The summed E-state index contributed by atoms with van der Waals surface area (Å²) in [6.07, 6.45) is 2.99. The van der Waals surface area contributed by atoms with Crippen molar-refractivity contribution in [3.05, 3.63) is 34.9 Å². The Hall–Kier alpha value is -0.610. The Kier molecular flexibility index (Phi) is 4.61. The highest BCUT2D eigenvalue weighted by atomic mass is 35.5. The average molecular weight is 295 g/mol. The molecule has 3 nitrogen and oxygen atoms in total. The molecule has 0 spiro atoms. The summed E-state index contributed by atoms with van der Waals surface area (Å²) in [5.74, 6) is 0. The number of rotatable bonds is 4. The third-order valence-electron chi connectivity index (χ3n) is 4.65. The van der Waals surface area contributed by atoms with E-state index in [-0.39, 0.29) is 0 Å². The third-order valence-corrected chi connectivity index (χ3v) is 5.00. The second-order valence-corrected chi connectivity index (χ2v) is 6.37. The minimum atomic E-state index is -0.453. The molecule has 3 rings (SSSR count). The molecule has 0 amide bonds. The van der Waals surface area contributed by atoms with E-state index in [1.165, 1.54) is 25.9 Å². The maximum Gasteiger partial charge on any atom is 0.0816 e. The molecule has 20 heavy (non-hydrogen) atoms. The molecule has 0 aliphatic carbocycles. The number of fused-ring (bicyclic) bond motifs is 1. The van der Waals surface area contributed by atoms with E-state index in [1.54, 1.807) is 0 Å². The zero-order chi connectivity index (χ0) is 13.9. The van der Waals surface area contributed by atoms with Gasteiger partial charge in [0.2, 0.25) is 0 Å². The van der Waals surface area contributed by atoms with E-state index in [1.807, 2.05) is 24.3 Å². The number of benzene rings is 1. The Bertz CT molecular complexity index is 454. The quantitative estimate of drug-likeness (QED) is 0.924. The molecule has 0 bridgehead atoms. The zero-order valence-electron chi connectivity index (χ0n) is 11.8. The molecule has 2 saturated heterocycles. The van der Waals surface area contributed by atoms with Crippen molar-refractivity contribution in [2.75, 3.05) is 32.7 Å². The molecule has 2 aliphatic heterocycles. The van der Waals surface area contributed by atoms with E-state index in [9.17, 15) is 5.11 Å². The van der Waals surface area contributed by atoms with Crippen LogP contribution >= 0.6 is 11.6 Å². The first kappa shape index (κ1) is 14.3. The molecule has 2 heterocycles. The van der Waals surface area contributed by atoms with Crippen molar-refractivity contribution in [2.45, 2.75) is 31.4 Å². The van der Waals surface area contributed by atoms with Crippen molar-refractivity contribution >= 4 is 11.6 Å². The van der Waals surface area contributed by atoms with Gasteiger partial charge in [-0.3, -0.25) is 4.90 Å². The summed E-state index contributed by atoms with van der Waals surface area (Å²) in [6.45, 7) is 5.71. The van der Waals surface area contributed by atoms with Crippen molar-refractivity contribution in [2.24, 2.45) is 0 Å². The molecule has 0 saturated carbocycles. The number of hydrogen-bond acceptors (Lipinski definition) is 3. The Morgan fingerprint density at radius 2 is 2.10 bits per heavy atom. The van der Waals surface area contributed by atoms with Gasteiger partial charge in [0.25, 0.3) is 0 Å². The summed E-state index contributed by atoms with van der Waals surface area (Å²) < 4.78 is 0. The van der Waals surface area contributed by atoms with Crippen LogP contribution < -0.4 is 0 Å². The second-order valence-electron chi connectivity index (χ2n) is 5.96. The summed E-state index contributed by atoms with van der Waals surface area (Å²) in [4.78, 5) is 5.10. The lowest BCUT2D eigenvalue weighted by atomic mass is 10.1. The number of nitrogens with zero attached hydrogens (tertiary/aromatic N) is 2. The molecule has 110 valence electrons. The fourth-order valence-electron chi connectivity index (χ4n) is 3.46. The van der Waals surface area contributed by atoms with Crippen molar-refractivity contribution in [3.63, 3.8) is 0 Å². The Morgan fingerprint density at radius 1 is 1.25 bits per heavy atom. The van der Waals surface area contributed by atoms with Gasteiger partial charge in [-0.2, -0.15) is 0 Å². The van der Waals surface area contributed by atoms with Gasteiger partial charge in [0.1, 0.15) is 0 Å². The molecule has 2 fully saturated rings. The lowest BCUT2D eigenvalue weighted by Crippen LogP contribution is -2.50. The molecule has 0 radical (unpaired) electrons. The molecule has 2 aliphatic rings. The van der Waals surface area contributed by atoms with E-state index in [0.29, 0.717) is 5.02 Å². The summed E-state index contributed by atoms with van der Waals surface area (Å²) in [7, 11) is 0. The van der Waals surface area contributed by atoms with Gasteiger partial charge in [0.15, 0.2) is 0 Å². The predicted molar refractivity (Wildman–Crippen MR) is 82.1 cm³/mol. The third kappa shape index (κ3) is 3.17. The Morgan fingerprint density at radius 3 is 2.95 bits per heavy atom. The van der Waals surface area contributed by atoms with Gasteiger partial charge >= 0.3 is 0 Å². The van der Waals surface area contributed by atoms with Crippen LogP contribution in [0.15, 0.2) is 24.3 Å². The molecule has 4 heteroatoms. The SMILES string of the molecule is OC(CCN1CCN2CCCC2C1)c1ccccc1Cl. The average Bonchev–Trinajstić information content (AvgIpc) is 2.92. The molecule has 2 atom stereocenters. The molecular formula is C16H23ClN2O. The monoisotopic (exact) mass is 294 g/mol. The van der Waals surface area contributed by atoms with Gasteiger partial charge < -0.3 is 10.0 Å². The van der Waals surface area contributed by atoms with Crippen LogP contribution in [0, 0.1) is 0 Å². The van der Waals surface area contributed by atoms with Crippen molar-refractivity contribution in [3.8, 4) is 0 Å². The van der Waals surface area contributed by atoms with Crippen molar-refractivity contribution in [1.82, 2.24) is 9.80 Å². The second kappa shape index (κ2) is 6.44. The summed E-state index contributed by atoms with van der Waals surface area (Å²) in [6, 6.07) is 8.35. The highest BCUT2D eigenvalue weighted by Gasteiger charge is 2.30. The molecule has 1 N–H and O–H groups in total. The maximum absolute atomic E-state index is 10.3. The van der Waals surface area contributed by atoms with Crippen LogP contribution in [0.3, 0.4) is 0 Å².